The van der Waals surface area contributed by atoms with Crippen molar-refractivity contribution in [1.82, 2.24) is 0 Å². The molecule has 0 saturated carbocycles. The van der Waals surface area contributed by atoms with E-state index in [9.17, 15) is 14.4 Å². The minimum absolute atomic E-state index is 0.00855. The SMILES string of the molecule is CC(C)(C)C(=O)OCC(COC(=O)CN)COC(=O)C(C)(C)C. The smallest absolute Gasteiger partial charge is 0.319 e. The van der Waals surface area contributed by atoms with E-state index in [1.165, 1.54) is 0 Å². The summed E-state index contributed by atoms with van der Waals surface area (Å²) in [5, 5.41) is 0. The molecular weight excluding hydrogens is 302 g/mol. The van der Waals surface area contributed by atoms with Gasteiger partial charge in [-0.05, 0) is 41.5 Å². The van der Waals surface area contributed by atoms with E-state index in [0.29, 0.717) is 0 Å². The van der Waals surface area contributed by atoms with Crippen LogP contribution in [0.15, 0.2) is 0 Å². The Labute approximate surface area is 137 Å². The fourth-order valence-corrected chi connectivity index (χ4v) is 1.23. The van der Waals surface area contributed by atoms with Gasteiger partial charge in [-0.2, -0.15) is 0 Å². The molecule has 0 heterocycles. The third-order valence-electron chi connectivity index (χ3n) is 2.77. The fraction of sp³-hybridized carbons (Fsp3) is 0.812. The van der Waals surface area contributed by atoms with Gasteiger partial charge in [0, 0.05) is 0 Å². The minimum Gasteiger partial charge on any atom is -0.465 e. The molecule has 0 aromatic heterocycles. The summed E-state index contributed by atoms with van der Waals surface area (Å²) in [6, 6.07) is 0. The standard InChI is InChI=1S/C16H29NO6/c1-15(2,3)13(19)22-9-11(8-21-12(18)7-17)10-23-14(20)16(4,5)6/h11H,7-10,17H2,1-6H3. The van der Waals surface area contributed by atoms with Crippen LogP contribution in [0.5, 0.6) is 0 Å². The maximum Gasteiger partial charge on any atom is 0.319 e. The first-order valence-corrected chi connectivity index (χ1v) is 7.58. The van der Waals surface area contributed by atoms with Crippen molar-refractivity contribution >= 4 is 17.9 Å². The number of carbonyl (C=O) groups is 3. The fourth-order valence-electron chi connectivity index (χ4n) is 1.23. The van der Waals surface area contributed by atoms with Gasteiger partial charge in [0.25, 0.3) is 0 Å². The molecule has 0 saturated heterocycles. The first-order valence-electron chi connectivity index (χ1n) is 7.58. The molecule has 134 valence electrons. The third-order valence-corrected chi connectivity index (χ3v) is 2.77. The van der Waals surface area contributed by atoms with Gasteiger partial charge >= 0.3 is 17.9 Å². The zero-order valence-corrected chi connectivity index (χ0v) is 14.9. The van der Waals surface area contributed by atoms with Crippen LogP contribution in [0, 0.1) is 16.7 Å². The van der Waals surface area contributed by atoms with Gasteiger partial charge in [0.1, 0.15) is 19.8 Å². The first-order chi connectivity index (χ1) is 10.4. The van der Waals surface area contributed by atoms with Crippen LogP contribution >= 0.6 is 0 Å². The highest BCUT2D eigenvalue weighted by molar-refractivity contribution is 5.76. The summed E-state index contributed by atoms with van der Waals surface area (Å²) in [7, 11) is 0. The molecule has 0 aliphatic heterocycles. The van der Waals surface area contributed by atoms with Crippen molar-refractivity contribution in [3.8, 4) is 0 Å². The van der Waals surface area contributed by atoms with Crippen LogP contribution in [0.2, 0.25) is 0 Å². The van der Waals surface area contributed by atoms with Crippen molar-refractivity contribution in [1.29, 1.82) is 0 Å². The van der Waals surface area contributed by atoms with Gasteiger partial charge < -0.3 is 19.9 Å². The summed E-state index contributed by atoms with van der Waals surface area (Å²) in [6.45, 7) is 10.1. The monoisotopic (exact) mass is 331 g/mol. The average molecular weight is 331 g/mol. The molecule has 7 nitrogen and oxygen atoms in total. The number of rotatable bonds is 7. The minimum atomic E-state index is -0.638. The lowest BCUT2D eigenvalue weighted by molar-refractivity contribution is -0.161. The van der Waals surface area contributed by atoms with E-state index in [-0.39, 0.29) is 38.3 Å². The Bertz CT molecular complexity index is 389. The normalized spacial score (nSPS) is 12.0. The van der Waals surface area contributed by atoms with Crippen molar-refractivity contribution in [2.75, 3.05) is 26.4 Å². The summed E-state index contributed by atoms with van der Waals surface area (Å²) in [5.74, 6) is -1.77. The molecule has 0 radical (unpaired) electrons. The Hall–Kier alpha value is -1.63. The largest absolute Gasteiger partial charge is 0.465 e. The molecule has 0 bridgehead atoms. The molecule has 0 fully saturated rings. The molecule has 0 aromatic carbocycles. The lowest BCUT2D eigenvalue weighted by Crippen LogP contribution is -2.32. The topological polar surface area (TPSA) is 105 Å². The molecule has 0 spiro atoms. The second-order valence-electron chi connectivity index (χ2n) is 7.45. The molecule has 0 aromatic rings. The van der Waals surface area contributed by atoms with Gasteiger partial charge in [0.05, 0.1) is 23.3 Å². The lowest BCUT2D eigenvalue weighted by atomic mass is 9.97. The summed E-state index contributed by atoms with van der Waals surface area (Å²) in [5.41, 5.74) is 3.89. The van der Waals surface area contributed by atoms with Crippen molar-refractivity contribution in [3.63, 3.8) is 0 Å². The molecular formula is C16H29NO6. The Morgan fingerprint density at radius 1 is 0.783 bits per heavy atom. The second kappa shape index (κ2) is 8.86. The highest BCUT2D eigenvalue weighted by atomic mass is 16.6. The van der Waals surface area contributed by atoms with Crippen molar-refractivity contribution in [2.24, 2.45) is 22.5 Å². The van der Waals surface area contributed by atoms with E-state index in [1.54, 1.807) is 41.5 Å². The molecule has 0 aliphatic rings. The van der Waals surface area contributed by atoms with Crippen molar-refractivity contribution in [3.05, 3.63) is 0 Å². The summed E-state index contributed by atoms with van der Waals surface area (Å²) < 4.78 is 15.3. The quantitative estimate of drug-likeness (QED) is 0.553. The van der Waals surface area contributed by atoms with Gasteiger partial charge in [0.15, 0.2) is 0 Å². The van der Waals surface area contributed by atoms with Gasteiger partial charge in [-0.25, -0.2) is 0 Å². The zero-order valence-electron chi connectivity index (χ0n) is 14.9. The van der Waals surface area contributed by atoms with E-state index in [4.69, 9.17) is 19.9 Å². The van der Waals surface area contributed by atoms with Crippen LogP contribution in [-0.2, 0) is 28.6 Å². The van der Waals surface area contributed by atoms with Gasteiger partial charge in [-0.3, -0.25) is 14.4 Å². The predicted molar refractivity (Wildman–Crippen MR) is 84.3 cm³/mol. The van der Waals surface area contributed by atoms with Crippen LogP contribution in [0.1, 0.15) is 41.5 Å². The molecule has 23 heavy (non-hydrogen) atoms. The van der Waals surface area contributed by atoms with E-state index >= 15 is 0 Å². The zero-order chi connectivity index (χ0) is 18.3. The van der Waals surface area contributed by atoms with E-state index in [1.807, 2.05) is 0 Å². The molecule has 2 N–H and O–H groups in total. The number of carbonyl (C=O) groups excluding carboxylic acids is 3. The average Bonchev–Trinajstić information content (AvgIpc) is 2.43. The van der Waals surface area contributed by atoms with E-state index < -0.39 is 22.7 Å². The Kier molecular flexibility index (Phi) is 8.23. The molecule has 0 rings (SSSR count). The Morgan fingerprint density at radius 3 is 1.43 bits per heavy atom. The van der Waals surface area contributed by atoms with Gasteiger partial charge in [0.2, 0.25) is 0 Å². The number of ether oxygens (including phenoxy) is 3. The molecule has 0 unspecified atom stereocenters. The first kappa shape index (κ1) is 21.4. The number of hydrogen-bond acceptors (Lipinski definition) is 7. The van der Waals surface area contributed by atoms with Gasteiger partial charge in [-0.1, -0.05) is 0 Å². The van der Waals surface area contributed by atoms with Crippen LogP contribution in [0.3, 0.4) is 0 Å². The molecule has 0 amide bonds. The number of esters is 3. The highest BCUT2D eigenvalue weighted by Gasteiger charge is 2.27. The van der Waals surface area contributed by atoms with Crippen molar-refractivity contribution in [2.45, 2.75) is 41.5 Å². The summed E-state index contributed by atoms with van der Waals surface area (Å²) >= 11 is 0. The summed E-state index contributed by atoms with van der Waals surface area (Å²) in [6.07, 6.45) is 0. The van der Waals surface area contributed by atoms with Crippen LogP contribution in [-0.4, -0.2) is 44.3 Å². The highest BCUT2D eigenvalue weighted by Crippen LogP contribution is 2.18. The van der Waals surface area contributed by atoms with Crippen LogP contribution in [0.4, 0.5) is 0 Å². The molecule has 7 heteroatoms. The third kappa shape index (κ3) is 9.18. The van der Waals surface area contributed by atoms with E-state index in [2.05, 4.69) is 0 Å². The maximum absolute atomic E-state index is 11.8. The van der Waals surface area contributed by atoms with E-state index in [0.717, 1.165) is 0 Å². The second-order valence-corrected chi connectivity index (χ2v) is 7.45. The van der Waals surface area contributed by atoms with Crippen LogP contribution < -0.4 is 5.73 Å². The maximum atomic E-state index is 11.8. The molecule has 0 atom stereocenters. The lowest BCUT2D eigenvalue weighted by Gasteiger charge is -2.23. The predicted octanol–water partition coefficient (Wildman–Crippen LogP) is 1.28. The van der Waals surface area contributed by atoms with Crippen LogP contribution in [0.25, 0.3) is 0 Å². The van der Waals surface area contributed by atoms with Gasteiger partial charge in [-0.15, -0.1) is 0 Å². The number of nitrogens with two attached hydrogens (primary N) is 1. The molecule has 0 aliphatic carbocycles. The number of hydrogen-bond donors (Lipinski definition) is 1. The Balaban J connectivity index is 4.59. The summed E-state index contributed by atoms with van der Waals surface area (Å²) in [4.78, 5) is 34.8. The van der Waals surface area contributed by atoms with Crippen molar-refractivity contribution < 1.29 is 28.6 Å². The Morgan fingerprint density at radius 2 is 1.13 bits per heavy atom.